The Bertz CT molecular complexity index is 481. The van der Waals surface area contributed by atoms with Crippen LogP contribution in [0.3, 0.4) is 0 Å². The van der Waals surface area contributed by atoms with Gasteiger partial charge in [0.25, 0.3) is 0 Å². The van der Waals surface area contributed by atoms with Crippen molar-refractivity contribution in [2.45, 2.75) is 39.5 Å². The summed E-state index contributed by atoms with van der Waals surface area (Å²) in [6, 6.07) is 3.59. The summed E-state index contributed by atoms with van der Waals surface area (Å²) >= 11 is 0. The van der Waals surface area contributed by atoms with Crippen molar-refractivity contribution >= 4 is 41.5 Å². The monoisotopic (exact) mass is 447 g/mol. The Morgan fingerprint density at radius 1 is 1.33 bits per heavy atom. The molecule has 3 N–H and O–H groups in total. The van der Waals surface area contributed by atoms with Gasteiger partial charge in [-0.2, -0.15) is 0 Å². The van der Waals surface area contributed by atoms with E-state index in [1.807, 2.05) is 0 Å². The number of aliphatic imine (C=N–C) groups is 1. The third-order valence-corrected chi connectivity index (χ3v) is 3.69. The molecule has 0 aromatic carbocycles. The van der Waals surface area contributed by atoms with E-state index in [0.717, 1.165) is 13.0 Å². The first-order valence-electron chi connectivity index (χ1n) is 8.33. The summed E-state index contributed by atoms with van der Waals surface area (Å²) in [5.74, 6) is 1.16. The lowest BCUT2D eigenvalue weighted by Gasteiger charge is -2.17. The molecule has 24 heavy (non-hydrogen) atoms. The van der Waals surface area contributed by atoms with E-state index < -0.39 is 0 Å². The van der Waals surface area contributed by atoms with Gasteiger partial charge in [0.05, 0.1) is 18.4 Å². The molecule has 0 bridgehead atoms. The number of nitrogens with one attached hydrogen (secondary N) is 3. The number of guanidine groups is 1. The minimum atomic E-state index is -0.126. The smallest absolute Gasteiger partial charge is 0.243 e. The zero-order chi connectivity index (χ0) is 16.9. The fraction of sp³-hybridized carbons (Fsp3) is 0.588. The van der Waals surface area contributed by atoms with Crippen LogP contribution in [0.15, 0.2) is 29.5 Å². The number of nitrogens with zero attached hydrogens (tertiary/aromatic N) is 2. The Morgan fingerprint density at radius 2 is 2.12 bits per heavy atom. The Hall–Kier alpha value is -1.38. The van der Waals surface area contributed by atoms with Gasteiger partial charge in [0.2, 0.25) is 5.91 Å². The molecule has 0 aliphatic heterocycles. The Labute approximate surface area is 162 Å². The van der Waals surface area contributed by atoms with Crippen molar-refractivity contribution in [3.63, 3.8) is 0 Å². The first-order chi connectivity index (χ1) is 11.2. The highest BCUT2D eigenvalue weighted by Gasteiger charge is 2.08. The molecule has 0 spiro atoms. The maximum atomic E-state index is 11.9. The van der Waals surface area contributed by atoms with Crippen LogP contribution in [0.2, 0.25) is 0 Å². The van der Waals surface area contributed by atoms with Crippen molar-refractivity contribution in [3.8, 4) is 0 Å². The van der Waals surface area contributed by atoms with E-state index >= 15 is 0 Å². The van der Waals surface area contributed by atoms with Gasteiger partial charge < -0.3 is 16.0 Å². The number of amides is 1. The molecule has 0 aliphatic rings. The van der Waals surface area contributed by atoms with Crippen molar-refractivity contribution in [1.29, 1.82) is 0 Å². The first kappa shape index (κ1) is 22.6. The Kier molecular flexibility index (Phi) is 13.2. The molecule has 0 radical (unpaired) electrons. The third-order valence-electron chi connectivity index (χ3n) is 3.69. The standard InChI is InChI=1S/C17H29N5O.HI/c1-4-6-8-14(5-2)11-20-17(18-3)21-13-16(23)22-15-9-7-10-19-12-15;/h7,9-10,12,14H,4-6,8,11,13H2,1-3H3,(H,22,23)(H2,18,20,21);1H. The predicted molar refractivity (Wildman–Crippen MR) is 111 cm³/mol. The fourth-order valence-electron chi connectivity index (χ4n) is 2.21. The molecule has 0 aliphatic carbocycles. The number of hydrogen-bond acceptors (Lipinski definition) is 3. The maximum Gasteiger partial charge on any atom is 0.243 e. The molecule has 0 saturated carbocycles. The van der Waals surface area contributed by atoms with Gasteiger partial charge in [-0.15, -0.1) is 24.0 Å². The van der Waals surface area contributed by atoms with Crippen LogP contribution in [0.4, 0.5) is 5.69 Å². The number of unbranched alkanes of at least 4 members (excludes halogenated alkanes) is 1. The molecular weight excluding hydrogens is 417 g/mol. The molecule has 0 fully saturated rings. The summed E-state index contributed by atoms with van der Waals surface area (Å²) < 4.78 is 0. The summed E-state index contributed by atoms with van der Waals surface area (Å²) in [5.41, 5.74) is 0.688. The van der Waals surface area contributed by atoms with Crippen LogP contribution in [0, 0.1) is 5.92 Å². The summed E-state index contributed by atoms with van der Waals surface area (Å²) in [5, 5.41) is 9.11. The summed E-state index contributed by atoms with van der Waals surface area (Å²) in [7, 11) is 1.71. The van der Waals surface area contributed by atoms with Crippen molar-refractivity contribution < 1.29 is 4.79 Å². The minimum Gasteiger partial charge on any atom is -0.356 e. The topological polar surface area (TPSA) is 78.4 Å². The Balaban J connectivity index is 0.00000529. The number of halogens is 1. The number of aromatic nitrogens is 1. The van der Waals surface area contributed by atoms with Crippen LogP contribution in [-0.4, -0.2) is 37.0 Å². The molecule has 1 heterocycles. The maximum absolute atomic E-state index is 11.9. The number of anilines is 1. The second-order valence-electron chi connectivity index (χ2n) is 5.51. The van der Waals surface area contributed by atoms with Gasteiger partial charge in [-0.3, -0.25) is 14.8 Å². The SMILES string of the molecule is CCCCC(CC)CNC(=NC)NCC(=O)Nc1cccnc1.I. The van der Waals surface area contributed by atoms with E-state index in [0.29, 0.717) is 17.6 Å². The van der Waals surface area contributed by atoms with Gasteiger partial charge in [0.1, 0.15) is 0 Å². The van der Waals surface area contributed by atoms with Gasteiger partial charge in [-0.05, 0) is 24.5 Å². The molecular formula is C17H30IN5O. The predicted octanol–water partition coefficient (Wildman–Crippen LogP) is 3.02. The van der Waals surface area contributed by atoms with E-state index in [4.69, 9.17) is 0 Å². The normalized spacial score (nSPS) is 12.0. The highest BCUT2D eigenvalue weighted by atomic mass is 127. The van der Waals surface area contributed by atoms with Crippen molar-refractivity contribution in [2.24, 2.45) is 10.9 Å². The van der Waals surface area contributed by atoms with E-state index in [-0.39, 0.29) is 36.4 Å². The van der Waals surface area contributed by atoms with Gasteiger partial charge in [0, 0.05) is 19.8 Å². The summed E-state index contributed by atoms with van der Waals surface area (Å²) in [6.07, 6.45) is 8.12. The number of pyridine rings is 1. The average molecular weight is 447 g/mol. The van der Waals surface area contributed by atoms with Crippen molar-refractivity contribution in [2.75, 3.05) is 25.5 Å². The molecule has 1 amide bonds. The van der Waals surface area contributed by atoms with Gasteiger partial charge >= 0.3 is 0 Å². The van der Waals surface area contributed by atoms with Crippen molar-refractivity contribution in [3.05, 3.63) is 24.5 Å². The van der Waals surface area contributed by atoms with Gasteiger partial charge in [0.15, 0.2) is 5.96 Å². The lowest BCUT2D eigenvalue weighted by atomic mass is 9.99. The largest absolute Gasteiger partial charge is 0.356 e. The molecule has 1 aromatic heterocycles. The highest BCUT2D eigenvalue weighted by molar-refractivity contribution is 14.0. The zero-order valence-corrected chi connectivity index (χ0v) is 17.2. The zero-order valence-electron chi connectivity index (χ0n) is 14.8. The van der Waals surface area contributed by atoms with Crippen LogP contribution >= 0.6 is 24.0 Å². The second-order valence-corrected chi connectivity index (χ2v) is 5.51. The molecule has 1 rings (SSSR count). The average Bonchev–Trinajstić information content (AvgIpc) is 2.58. The Morgan fingerprint density at radius 3 is 2.71 bits per heavy atom. The quantitative estimate of drug-likeness (QED) is 0.309. The van der Waals surface area contributed by atoms with Crippen LogP contribution in [0.25, 0.3) is 0 Å². The van der Waals surface area contributed by atoms with E-state index in [1.165, 1.54) is 19.3 Å². The number of rotatable bonds is 9. The van der Waals surface area contributed by atoms with Crippen LogP contribution in [0.5, 0.6) is 0 Å². The van der Waals surface area contributed by atoms with E-state index in [9.17, 15) is 4.79 Å². The van der Waals surface area contributed by atoms with Gasteiger partial charge in [-0.1, -0.05) is 33.1 Å². The van der Waals surface area contributed by atoms with Crippen LogP contribution in [-0.2, 0) is 4.79 Å². The molecule has 136 valence electrons. The fourth-order valence-corrected chi connectivity index (χ4v) is 2.21. The minimum absolute atomic E-state index is 0. The summed E-state index contributed by atoms with van der Waals surface area (Å²) in [4.78, 5) is 20.0. The van der Waals surface area contributed by atoms with Crippen LogP contribution in [0.1, 0.15) is 39.5 Å². The number of hydrogen-bond donors (Lipinski definition) is 3. The second kappa shape index (κ2) is 14.0. The van der Waals surface area contributed by atoms with Crippen LogP contribution < -0.4 is 16.0 Å². The van der Waals surface area contributed by atoms with E-state index in [1.54, 1.807) is 31.6 Å². The van der Waals surface area contributed by atoms with E-state index in [2.05, 4.69) is 39.8 Å². The molecule has 1 aromatic rings. The number of carbonyl (C=O) groups is 1. The first-order valence-corrected chi connectivity index (χ1v) is 8.33. The molecule has 6 nitrogen and oxygen atoms in total. The third kappa shape index (κ3) is 9.69. The van der Waals surface area contributed by atoms with Gasteiger partial charge in [-0.25, -0.2) is 0 Å². The summed E-state index contributed by atoms with van der Waals surface area (Å²) in [6.45, 7) is 5.46. The molecule has 1 unspecified atom stereocenters. The number of carbonyl (C=O) groups excluding carboxylic acids is 1. The molecule has 1 atom stereocenters. The molecule has 0 saturated heterocycles. The molecule has 7 heteroatoms. The van der Waals surface area contributed by atoms with Crippen molar-refractivity contribution in [1.82, 2.24) is 15.6 Å². The lowest BCUT2D eigenvalue weighted by molar-refractivity contribution is -0.115. The lowest BCUT2D eigenvalue weighted by Crippen LogP contribution is -2.43. The highest BCUT2D eigenvalue weighted by Crippen LogP contribution is 2.11.